The van der Waals surface area contributed by atoms with Gasteiger partial charge in [-0.15, -0.1) is 0 Å². The summed E-state index contributed by atoms with van der Waals surface area (Å²) in [6.07, 6.45) is 3.24. The van der Waals surface area contributed by atoms with Crippen LogP contribution in [0.2, 0.25) is 0 Å². The fourth-order valence-corrected chi connectivity index (χ4v) is 3.52. The first-order valence-corrected chi connectivity index (χ1v) is 11.4. The summed E-state index contributed by atoms with van der Waals surface area (Å²) in [7, 11) is 0. The van der Waals surface area contributed by atoms with Crippen LogP contribution in [0.25, 0.3) is 0 Å². The van der Waals surface area contributed by atoms with E-state index in [0.29, 0.717) is 28.6 Å². The average molecular weight is 491 g/mol. The van der Waals surface area contributed by atoms with E-state index in [4.69, 9.17) is 9.47 Å². The number of carbonyl (C=O) groups excluding carboxylic acids is 2. The van der Waals surface area contributed by atoms with Crippen molar-refractivity contribution in [2.75, 3.05) is 13.2 Å². The molecular weight excluding hydrogens is 460 g/mol. The Hall–Kier alpha value is -2.25. The molecule has 0 amide bonds. The number of pyridine rings is 1. The molecule has 1 N–H and O–H groups in total. The average Bonchev–Trinajstić information content (AvgIpc) is 2.73. The number of unbranched alkanes of at least 4 members (excludes halogenated alkanes) is 1. The van der Waals surface area contributed by atoms with Crippen LogP contribution in [0.5, 0.6) is 5.88 Å². The van der Waals surface area contributed by atoms with Gasteiger partial charge in [0.1, 0.15) is 12.7 Å². The monoisotopic (exact) mass is 490 g/mol. The predicted molar refractivity (Wildman–Crippen MR) is 125 cm³/mol. The first-order chi connectivity index (χ1) is 14.8. The molecule has 0 saturated heterocycles. The highest BCUT2D eigenvalue weighted by Crippen LogP contribution is 2.21. The number of nitrogens with zero attached hydrogens (tertiary/aromatic N) is 1. The van der Waals surface area contributed by atoms with Gasteiger partial charge in [0, 0.05) is 29.7 Å². The maximum Gasteiger partial charge on any atom is 0.339 e. The van der Waals surface area contributed by atoms with Gasteiger partial charge >= 0.3 is 5.97 Å². The van der Waals surface area contributed by atoms with Crippen molar-refractivity contribution in [3.05, 3.63) is 57.7 Å². The van der Waals surface area contributed by atoms with Gasteiger partial charge in [0.05, 0.1) is 11.1 Å². The quantitative estimate of drug-likeness (QED) is 0.328. The molecular formula is C24H31BrN2O4. The molecule has 2 rings (SSSR count). The summed E-state index contributed by atoms with van der Waals surface area (Å²) in [5, 5.41) is 3.27. The summed E-state index contributed by atoms with van der Waals surface area (Å²) < 4.78 is 12.3. The number of nitrogens with one attached hydrogen (secondary N) is 1. The van der Waals surface area contributed by atoms with Gasteiger partial charge in [-0.05, 0) is 59.1 Å². The van der Waals surface area contributed by atoms with E-state index in [2.05, 4.69) is 26.2 Å². The minimum Gasteiger partial charge on any atom is -0.473 e. The number of benzene rings is 1. The molecule has 1 aromatic heterocycles. The lowest BCUT2D eigenvalue weighted by Crippen LogP contribution is -2.38. The van der Waals surface area contributed by atoms with Gasteiger partial charge in [0.2, 0.25) is 5.88 Å². The number of aryl methyl sites for hydroxylation is 1. The maximum absolute atomic E-state index is 12.7. The van der Waals surface area contributed by atoms with Crippen molar-refractivity contribution in [2.45, 2.75) is 59.1 Å². The van der Waals surface area contributed by atoms with Crippen molar-refractivity contribution < 1.29 is 19.1 Å². The summed E-state index contributed by atoms with van der Waals surface area (Å²) in [6, 6.07) is 9.13. The van der Waals surface area contributed by atoms with E-state index in [1.54, 1.807) is 24.4 Å². The van der Waals surface area contributed by atoms with Crippen LogP contribution in [0.3, 0.4) is 0 Å². The second-order valence-electron chi connectivity index (χ2n) is 7.77. The summed E-state index contributed by atoms with van der Waals surface area (Å²) in [4.78, 5) is 29.4. The number of Topliss-reactive ketones (excluding diaryl/α,β-unsaturated/α-hetero) is 1. The Morgan fingerprint density at radius 2 is 1.97 bits per heavy atom. The number of ether oxygens (including phenoxy) is 2. The van der Waals surface area contributed by atoms with Gasteiger partial charge in [-0.3, -0.25) is 4.79 Å². The highest BCUT2D eigenvalue weighted by Gasteiger charge is 2.21. The maximum atomic E-state index is 12.7. The lowest BCUT2D eigenvalue weighted by Gasteiger charge is -2.21. The third-order valence-electron chi connectivity index (χ3n) is 4.61. The Morgan fingerprint density at radius 1 is 1.19 bits per heavy atom. The Kier molecular flexibility index (Phi) is 10.1. The van der Waals surface area contributed by atoms with Gasteiger partial charge in [-0.1, -0.05) is 33.3 Å². The van der Waals surface area contributed by atoms with E-state index in [-0.39, 0.29) is 24.3 Å². The third kappa shape index (κ3) is 8.07. The van der Waals surface area contributed by atoms with Crippen molar-refractivity contribution in [1.82, 2.24) is 10.3 Å². The van der Waals surface area contributed by atoms with Crippen LogP contribution in [0.1, 0.15) is 66.3 Å². The standard InChI is InChI=1S/C24H31BrN2O4/c1-5-6-9-22(28)20-8-7-12-26-23(20)30-15-18(14-27-16(2)3)31-24(29)19-11-10-17(4)13-21(19)25/h7-8,10-13,16,18,27H,5-6,9,14-15H2,1-4H3. The number of aromatic nitrogens is 1. The minimum absolute atomic E-state index is 0.00221. The molecule has 0 aliphatic heterocycles. The topological polar surface area (TPSA) is 77.5 Å². The summed E-state index contributed by atoms with van der Waals surface area (Å²) in [5.41, 5.74) is 1.95. The molecule has 31 heavy (non-hydrogen) atoms. The zero-order chi connectivity index (χ0) is 22.8. The number of carbonyl (C=O) groups is 2. The molecule has 1 heterocycles. The first-order valence-electron chi connectivity index (χ1n) is 10.6. The first kappa shape index (κ1) is 25.0. The van der Waals surface area contributed by atoms with Crippen LogP contribution in [0.4, 0.5) is 0 Å². The summed E-state index contributed by atoms with van der Waals surface area (Å²) in [5.74, 6) is -0.167. The molecule has 1 atom stereocenters. The zero-order valence-corrected chi connectivity index (χ0v) is 20.2. The molecule has 0 spiro atoms. The highest BCUT2D eigenvalue weighted by molar-refractivity contribution is 9.10. The van der Waals surface area contributed by atoms with Crippen LogP contribution >= 0.6 is 15.9 Å². The van der Waals surface area contributed by atoms with Crippen molar-refractivity contribution in [3.63, 3.8) is 0 Å². The predicted octanol–water partition coefficient (Wildman–Crippen LogP) is 5.13. The van der Waals surface area contributed by atoms with E-state index in [0.717, 1.165) is 18.4 Å². The number of hydrogen-bond donors (Lipinski definition) is 1. The molecule has 1 unspecified atom stereocenters. The number of esters is 1. The second kappa shape index (κ2) is 12.6. The molecule has 1 aromatic carbocycles. The van der Waals surface area contributed by atoms with E-state index in [9.17, 15) is 9.59 Å². The molecule has 2 aromatic rings. The van der Waals surface area contributed by atoms with Gasteiger partial charge in [-0.25, -0.2) is 9.78 Å². The smallest absolute Gasteiger partial charge is 0.339 e. The van der Waals surface area contributed by atoms with Gasteiger partial charge in [-0.2, -0.15) is 0 Å². The number of hydrogen-bond acceptors (Lipinski definition) is 6. The summed E-state index contributed by atoms with van der Waals surface area (Å²) in [6.45, 7) is 8.52. The van der Waals surface area contributed by atoms with E-state index < -0.39 is 12.1 Å². The molecule has 7 heteroatoms. The Balaban J connectivity index is 2.11. The zero-order valence-electron chi connectivity index (χ0n) is 18.6. The van der Waals surface area contributed by atoms with Crippen molar-refractivity contribution in [1.29, 1.82) is 0 Å². The minimum atomic E-state index is -0.552. The molecule has 0 saturated carbocycles. The van der Waals surface area contributed by atoms with E-state index in [1.165, 1.54) is 0 Å². The highest BCUT2D eigenvalue weighted by atomic mass is 79.9. The lowest BCUT2D eigenvalue weighted by molar-refractivity contribution is 0.0165. The molecule has 0 bridgehead atoms. The Morgan fingerprint density at radius 3 is 2.65 bits per heavy atom. The number of halogens is 1. The van der Waals surface area contributed by atoms with Crippen LogP contribution in [-0.4, -0.2) is 42.0 Å². The van der Waals surface area contributed by atoms with Crippen LogP contribution in [-0.2, 0) is 4.74 Å². The molecule has 0 fully saturated rings. The SMILES string of the molecule is CCCCC(=O)c1cccnc1OCC(CNC(C)C)OC(=O)c1ccc(C)cc1Br. The van der Waals surface area contributed by atoms with Crippen molar-refractivity contribution in [2.24, 2.45) is 0 Å². The number of ketones is 1. The third-order valence-corrected chi connectivity index (χ3v) is 5.26. The largest absolute Gasteiger partial charge is 0.473 e. The van der Waals surface area contributed by atoms with Crippen LogP contribution < -0.4 is 10.1 Å². The fraction of sp³-hybridized carbons (Fsp3) is 0.458. The normalized spacial score (nSPS) is 11.9. The van der Waals surface area contributed by atoms with E-state index >= 15 is 0 Å². The second-order valence-corrected chi connectivity index (χ2v) is 8.62. The summed E-state index contributed by atoms with van der Waals surface area (Å²) >= 11 is 3.43. The van der Waals surface area contributed by atoms with Crippen LogP contribution in [0, 0.1) is 6.92 Å². The van der Waals surface area contributed by atoms with Gasteiger partial charge < -0.3 is 14.8 Å². The molecule has 6 nitrogen and oxygen atoms in total. The van der Waals surface area contributed by atoms with Gasteiger partial charge in [0.25, 0.3) is 0 Å². The van der Waals surface area contributed by atoms with Crippen molar-refractivity contribution in [3.8, 4) is 5.88 Å². The van der Waals surface area contributed by atoms with Gasteiger partial charge in [0.15, 0.2) is 5.78 Å². The molecule has 0 radical (unpaired) electrons. The van der Waals surface area contributed by atoms with Crippen molar-refractivity contribution >= 4 is 27.7 Å². The fourth-order valence-electron chi connectivity index (χ4n) is 2.86. The molecule has 0 aliphatic rings. The Bertz CT molecular complexity index is 886. The molecule has 0 aliphatic carbocycles. The lowest BCUT2D eigenvalue weighted by atomic mass is 10.1. The molecule has 168 valence electrons. The van der Waals surface area contributed by atoms with Crippen LogP contribution in [0.15, 0.2) is 41.0 Å². The number of rotatable bonds is 12. The van der Waals surface area contributed by atoms with E-state index in [1.807, 2.05) is 39.8 Å². The Labute approximate surface area is 192 Å².